The fourth-order valence-electron chi connectivity index (χ4n) is 3.94. The first-order valence-corrected chi connectivity index (χ1v) is 9.14. The Morgan fingerprint density at radius 3 is 2.92 bits per heavy atom. The predicted octanol–water partition coefficient (Wildman–Crippen LogP) is 2.43. The number of fused-ring (bicyclic) bond motifs is 2. The monoisotopic (exact) mass is 337 g/mol. The summed E-state index contributed by atoms with van der Waals surface area (Å²) in [4.78, 5) is 30.0. The van der Waals surface area contributed by atoms with Crippen LogP contribution in [0.25, 0.3) is 10.9 Å². The maximum Gasteiger partial charge on any atom is 0.252 e. The molecule has 1 saturated heterocycles. The van der Waals surface area contributed by atoms with Crippen molar-refractivity contribution in [2.75, 3.05) is 6.54 Å². The van der Waals surface area contributed by atoms with Crippen molar-refractivity contribution in [3.8, 4) is 0 Å². The molecule has 4 rings (SSSR count). The van der Waals surface area contributed by atoms with Gasteiger partial charge >= 0.3 is 0 Å². The zero-order valence-electron chi connectivity index (χ0n) is 14.5. The van der Waals surface area contributed by atoms with Crippen molar-refractivity contribution in [3.63, 3.8) is 0 Å². The standard InChI is InChI=1S/C20H23N3O2/c1-12-8-9-16-14(11-12)18(13-5-2-3-6-15(13)22-16)20(25)23-17-7-4-10-21-19(17)24/h8-9,11,17H,2-7,10H2,1H3,(H,21,24)(H,23,25). The Hall–Kier alpha value is -2.43. The first kappa shape index (κ1) is 16.1. The number of nitrogens with zero attached hydrogens (tertiary/aromatic N) is 1. The Balaban J connectivity index is 1.79. The van der Waals surface area contributed by atoms with Crippen LogP contribution in [0.1, 0.15) is 52.9 Å². The van der Waals surface area contributed by atoms with Crippen LogP contribution in [0.4, 0.5) is 0 Å². The molecule has 1 fully saturated rings. The molecule has 1 atom stereocenters. The molecule has 0 bridgehead atoms. The summed E-state index contributed by atoms with van der Waals surface area (Å²) < 4.78 is 0. The molecule has 25 heavy (non-hydrogen) atoms. The van der Waals surface area contributed by atoms with Crippen molar-refractivity contribution < 1.29 is 9.59 Å². The van der Waals surface area contributed by atoms with Gasteiger partial charge in [0.25, 0.3) is 5.91 Å². The first-order valence-electron chi connectivity index (χ1n) is 9.14. The average Bonchev–Trinajstić information content (AvgIpc) is 2.61. The van der Waals surface area contributed by atoms with Gasteiger partial charge in [0.15, 0.2) is 0 Å². The summed E-state index contributed by atoms with van der Waals surface area (Å²) in [5.41, 5.74) is 4.81. The highest BCUT2D eigenvalue weighted by molar-refractivity contribution is 6.09. The maximum atomic E-state index is 13.1. The minimum atomic E-state index is -0.437. The van der Waals surface area contributed by atoms with Gasteiger partial charge in [-0.15, -0.1) is 0 Å². The topological polar surface area (TPSA) is 71.1 Å². The van der Waals surface area contributed by atoms with Crippen molar-refractivity contribution in [1.29, 1.82) is 0 Å². The Kier molecular flexibility index (Phi) is 4.15. The first-order chi connectivity index (χ1) is 12.1. The highest BCUT2D eigenvalue weighted by Gasteiger charge is 2.28. The average molecular weight is 337 g/mol. The van der Waals surface area contributed by atoms with Crippen LogP contribution in [0.2, 0.25) is 0 Å². The predicted molar refractivity (Wildman–Crippen MR) is 96.6 cm³/mol. The van der Waals surface area contributed by atoms with E-state index in [1.807, 2.05) is 25.1 Å². The van der Waals surface area contributed by atoms with Gasteiger partial charge in [-0.3, -0.25) is 14.6 Å². The van der Waals surface area contributed by atoms with Gasteiger partial charge in [-0.1, -0.05) is 11.6 Å². The minimum Gasteiger partial charge on any atom is -0.354 e. The van der Waals surface area contributed by atoms with E-state index >= 15 is 0 Å². The quantitative estimate of drug-likeness (QED) is 0.884. The van der Waals surface area contributed by atoms with Crippen LogP contribution in [0.3, 0.4) is 0 Å². The third kappa shape index (κ3) is 2.99. The second-order valence-corrected chi connectivity index (χ2v) is 7.10. The number of hydrogen-bond acceptors (Lipinski definition) is 3. The zero-order valence-corrected chi connectivity index (χ0v) is 14.5. The van der Waals surface area contributed by atoms with Crippen LogP contribution >= 0.6 is 0 Å². The molecule has 1 unspecified atom stereocenters. The largest absolute Gasteiger partial charge is 0.354 e. The van der Waals surface area contributed by atoms with Gasteiger partial charge < -0.3 is 10.6 Å². The van der Waals surface area contributed by atoms with E-state index in [0.717, 1.165) is 65.4 Å². The molecule has 0 saturated carbocycles. The molecule has 1 aromatic carbocycles. The highest BCUT2D eigenvalue weighted by Crippen LogP contribution is 2.30. The van der Waals surface area contributed by atoms with Crippen molar-refractivity contribution in [1.82, 2.24) is 15.6 Å². The molecule has 0 radical (unpaired) electrons. The van der Waals surface area contributed by atoms with E-state index in [0.29, 0.717) is 13.0 Å². The van der Waals surface area contributed by atoms with E-state index in [1.165, 1.54) is 0 Å². The molecule has 2 heterocycles. The third-order valence-corrected chi connectivity index (χ3v) is 5.23. The molecule has 2 N–H and O–H groups in total. The Bertz CT molecular complexity index is 860. The summed E-state index contributed by atoms with van der Waals surface area (Å²) in [5, 5.41) is 6.70. The lowest BCUT2D eigenvalue weighted by molar-refractivity contribution is -0.124. The van der Waals surface area contributed by atoms with Gasteiger partial charge in [0.05, 0.1) is 11.1 Å². The SMILES string of the molecule is Cc1ccc2nc3c(c(C(=O)NC4CCCNC4=O)c2c1)CCCC3. The van der Waals surface area contributed by atoms with E-state index < -0.39 is 6.04 Å². The van der Waals surface area contributed by atoms with Crippen LogP contribution in [0.15, 0.2) is 18.2 Å². The summed E-state index contributed by atoms with van der Waals surface area (Å²) in [5.74, 6) is -0.221. The lowest BCUT2D eigenvalue weighted by Crippen LogP contribution is -2.50. The number of carbonyl (C=O) groups excluding carboxylic acids is 2. The lowest BCUT2D eigenvalue weighted by Gasteiger charge is -2.25. The van der Waals surface area contributed by atoms with E-state index in [1.54, 1.807) is 0 Å². The van der Waals surface area contributed by atoms with E-state index in [2.05, 4.69) is 10.6 Å². The van der Waals surface area contributed by atoms with E-state index in [9.17, 15) is 9.59 Å². The fourth-order valence-corrected chi connectivity index (χ4v) is 3.94. The Morgan fingerprint density at radius 2 is 2.08 bits per heavy atom. The smallest absolute Gasteiger partial charge is 0.252 e. The number of benzene rings is 1. The van der Waals surface area contributed by atoms with Crippen LogP contribution in [0, 0.1) is 6.92 Å². The molecule has 2 amide bonds. The molecular weight excluding hydrogens is 314 g/mol. The van der Waals surface area contributed by atoms with Crippen LogP contribution in [-0.2, 0) is 17.6 Å². The molecule has 1 aliphatic heterocycles. The van der Waals surface area contributed by atoms with Crippen LogP contribution in [-0.4, -0.2) is 29.4 Å². The number of pyridine rings is 1. The maximum absolute atomic E-state index is 13.1. The van der Waals surface area contributed by atoms with Crippen molar-refractivity contribution >= 4 is 22.7 Å². The normalized spacial score (nSPS) is 20.0. The van der Waals surface area contributed by atoms with Gasteiger partial charge in [0.2, 0.25) is 5.91 Å². The van der Waals surface area contributed by atoms with Crippen molar-refractivity contribution in [3.05, 3.63) is 40.6 Å². The second-order valence-electron chi connectivity index (χ2n) is 7.10. The van der Waals surface area contributed by atoms with Crippen molar-refractivity contribution in [2.24, 2.45) is 0 Å². The lowest BCUT2D eigenvalue weighted by atomic mass is 9.89. The molecule has 130 valence electrons. The van der Waals surface area contributed by atoms with Gasteiger partial charge in [-0.2, -0.15) is 0 Å². The number of amides is 2. The molecular formula is C20H23N3O2. The summed E-state index contributed by atoms with van der Waals surface area (Å²) in [6.45, 7) is 2.72. The molecule has 1 aromatic heterocycles. The molecule has 5 heteroatoms. The molecule has 2 aromatic rings. The van der Waals surface area contributed by atoms with E-state index in [4.69, 9.17) is 4.98 Å². The minimum absolute atomic E-state index is 0.0805. The fraction of sp³-hybridized carbons (Fsp3) is 0.450. The number of aryl methyl sites for hydroxylation is 2. The van der Waals surface area contributed by atoms with Gasteiger partial charge in [-0.25, -0.2) is 0 Å². The molecule has 1 aliphatic carbocycles. The molecule has 2 aliphatic rings. The highest BCUT2D eigenvalue weighted by atomic mass is 16.2. The molecule has 0 spiro atoms. The summed E-state index contributed by atoms with van der Waals surface area (Å²) >= 11 is 0. The van der Waals surface area contributed by atoms with E-state index in [-0.39, 0.29) is 11.8 Å². The summed E-state index contributed by atoms with van der Waals surface area (Å²) in [6, 6.07) is 5.62. The molecule has 5 nitrogen and oxygen atoms in total. The van der Waals surface area contributed by atoms with Gasteiger partial charge in [-0.05, 0) is 63.1 Å². The zero-order chi connectivity index (χ0) is 17.4. The Morgan fingerprint density at radius 1 is 1.24 bits per heavy atom. The number of rotatable bonds is 2. The van der Waals surface area contributed by atoms with Crippen LogP contribution in [0.5, 0.6) is 0 Å². The van der Waals surface area contributed by atoms with Crippen molar-refractivity contribution in [2.45, 2.75) is 51.5 Å². The Labute approximate surface area is 147 Å². The summed E-state index contributed by atoms with van der Waals surface area (Å²) in [7, 11) is 0. The van der Waals surface area contributed by atoms with Gasteiger partial charge in [0.1, 0.15) is 6.04 Å². The summed E-state index contributed by atoms with van der Waals surface area (Å²) in [6.07, 6.45) is 5.58. The number of piperidine rings is 1. The van der Waals surface area contributed by atoms with Gasteiger partial charge in [0, 0.05) is 17.6 Å². The number of carbonyl (C=O) groups is 2. The number of nitrogens with one attached hydrogen (secondary N) is 2. The van der Waals surface area contributed by atoms with Crippen LogP contribution < -0.4 is 10.6 Å². The third-order valence-electron chi connectivity index (χ3n) is 5.23. The number of aromatic nitrogens is 1. The number of hydrogen-bond donors (Lipinski definition) is 2. The second kappa shape index (κ2) is 6.47.